The Balaban J connectivity index is 1.97. The molecule has 0 aliphatic rings. The summed E-state index contributed by atoms with van der Waals surface area (Å²) < 4.78 is 12.1. The lowest BCUT2D eigenvalue weighted by atomic mass is 10.1. The van der Waals surface area contributed by atoms with Gasteiger partial charge in [-0.3, -0.25) is 4.79 Å². The van der Waals surface area contributed by atoms with E-state index in [4.69, 9.17) is 9.47 Å². The maximum atomic E-state index is 12.2. The number of halogens is 1. The molecule has 0 radical (unpaired) electrons. The quantitative estimate of drug-likeness (QED) is 0.671. The summed E-state index contributed by atoms with van der Waals surface area (Å²) in [6, 6.07) is 7.84. The van der Waals surface area contributed by atoms with Gasteiger partial charge in [0.2, 0.25) is 5.91 Å². The van der Waals surface area contributed by atoms with Crippen molar-refractivity contribution in [2.45, 2.75) is 26.7 Å². The topological polar surface area (TPSA) is 47.6 Å². The number of rotatable bonds is 9. The first kappa shape index (κ1) is 18.8. The zero-order valence-electron chi connectivity index (χ0n) is 13.9. The Morgan fingerprint density at radius 3 is 2.54 bits per heavy atom. The van der Waals surface area contributed by atoms with E-state index >= 15 is 0 Å². The summed E-state index contributed by atoms with van der Waals surface area (Å²) in [6.45, 7) is 5.61. The van der Waals surface area contributed by atoms with E-state index in [1.165, 1.54) is 4.88 Å². The van der Waals surface area contributed by atoms with Gasteiger partial charge in [0, 0.05) is 15.9 Å². The highest BCUT2D eigenvalue weighted by molar-refractivity contribution is 9.10. The van der Waals surface area contributed by atoms with E-state index in [1.54, 1.807) is 11.3 Å². The van der Waals surface area contributed by atoms with Crippen molar-refractivity contribution in [3.05, 3.63) is 44.6 Å². The predicted octanol–water partition coefficient (Wildman–Crippen LogP) is 4.21. The number of carbonyl (C=O) groups is 1. The second-order valence-corrected chi connectivity index (χ2v) is 7.00. The van der Waals surface area contributed by atoms with E-state index in [-0.39, 0.29) is 5.91 Å². The van der Waals surface area contributed by atoms with Crippen molar-refractivity contribution in [2.24, 2.45) is 0 Å². The highest BCUT2D eigenvalue weighted by Crippen LogP contribution is 2.34. The lowest BCUT2D eigenvalue weighted by molar-refractivity contribution is -0.120. The number of hydrogen-bond acceptors (Lipinski definition) is 4. The van der Waals surface area contributed by atoms with Gasteiger partial charge in [-0.2, -0.15) is 0 Å². The summed E-state index contributed by atoms with van der Waals surface area (Å²) in [5, 5.41) is 5.01. The standard InChI is InChI=1S/C18H22BrNO3S/c1-3-22-16-10-13(15(19)12-17(16)23-4-2)11-18(21)20-8-7-14-6-5-9-24-14/h5-6,9-10,12H,3-4,7-8,11H2,1-2H3,(H,20,21). The second-order valence-electron chi connectivity index (χ2n) is 5.11. The van der Waals surface area contributed by atoms with Gasteiger partial charge in [-0.25, -0.2) is 0 Å². The molecule has 1 amide bonds. The summed E-state index contributed by atoms with van der Waals surface area (Å²) in [4.78, 5) is 13.4. The third kappa shape index (κ3) is 5.53. The van der Waals surface area contributed by atoms with Gasteiger partial charge in [-0.15, -0.1) is 11.3 Å². The van der Waals surface area contributed by atoms with Gasteiger partial charge in [-0.05, 0) is 49.4 Å². The molecule has 0 saturated heterocycles. The maximum Gasteiger partial charge on any atom is 0.224 e. The fourth-order valence-corrected chi connectivity index (χ4v) is 3.44. The third-order valence-corrected chi connectivity index (χ3v) is 5.01. The predicted molar refractivity (Wildman–Crippen MR) is 101 cm³/mol. The van der Waals surface area contributed by atoms with Crippen LogP contribution < -0.4 is 14.8 Å². The number of amides is 1. The molecule has 2 aromatic rings. The van der Waals surface area contributed by atoms with Crippen LogP contribution >= 0.6 is 27.3 Å². The first-order chi connectivity index (χ1) is 11.6. The fourth-order valence-electron chi connectivity index (χ4n) is 2.26. The largest absolute Gasteiger partial charge is 0.490 e. The Morgan fingerprint density at radius 1 is 1.21 bits per heavy atom. The van der Waals surface area contributed by atoms with E-state index in [0.717, 1.165) is 16.5 Å². The van der Waals surface area contributed by atoms with E-state index in [1.807, 2.05) is 37.4 Å². The zero-order valence-corrected chi connectivity index (χ0v) is 16.3. The van der Waals surface area contributed by atoms with Gasteiger partial charge in [0.05, 0.1) is 19.6 Å². The molecular formula is C18H22BrNO3S. The Hall–Kier alpha value is -1.53. The molecule has 4 nitrogen and oxygen atoms in total. The molecule has 2 rings (SSSR count). The molecule has 0 atom stereocenters. The molecule has 1 aromatic heterocycles. The van der Waals surface area contributed by atoms with Crippen molar-refractivity contribution in [1.29, 1.82) is 0 Å². The van der Waals surface area contributed by atoms with Gasteiger partial charge in [0.15, 0.2) is 11.5 Å². The van der Waals surface area contributed by atoms with Crippen LogP contribution in [0.15, 0.2) is 34.1 Å². The maximum absolute atomic E-state index is 12.2. The third-order valence-electron chi connectivity index (χ3n) is 3.34. The van der Waals surface area contributed by atoms with Crippen molar-refractivity contribution >= 4 is 33.2 Å². The van der Waals surface area contributed by atoms with Crippen LogP contribution in [0.2, 0.25) is 0 Å². The van der Waals surface area contributed by atoms with Crippen LogP contribution in [-0.2, 0) is 17.6 Å². The van der Waals surface area contributed by atoms with E-state index in [2.05, 4.69) is 27.3 Å². The molecule has 6 heteroatoms. The minimum absolute atomic E-state index is 0.00105. The van der Waals surface area contributed by atoms with Gasteiger partial charge < -0.3 is 14.8 Å². The molecule has 0 spiro atoms. The van der Waals surface area contributed by atoms with E-state index in [0.29, 0.717) is 37.7 Å². The number of hydrogen-bond donors (Lipinski definition) is 1. The number of nitrogens with one attached hydrogen (secondary N) is 1. The minimum atomic E-state index is -0.00105. The molecule has 24 heavy (non-hydrogen) atoms. The Kier molecular flexibility index (Phi) is 7.59. The molecular weight excluding hydrogens is 390 g/mol. The molecule has 0 saturated carbocycles. The highest BCUT2D eigenvalue weighted by Gasteiger charge is 2.13. The molecule has 0 bridgehead atoms. The smallest absolute Gasteiger partial charge is 0.224 e. The lowest BCUT2D eigenvalue weighted by Crippen LogP contribution is -2.27. The molecule has 130 valence electrons. The summed E-state index contributed by atoms with van der Waals surface area (Å²) in [5.41, 5.74) is 0.885. The van der Waals surface area contributed by atoms with Gasteiger partial charge in [0.1, 0.15) is 0 Å². The summed E-state index contributed by atoms with van der Waals surface area (Å²) in [6.07, 6.45) is 1.16. The average Bonchev–Trinajstić information content (AvgIpc) is 3.05. The number of thiophene rings is 1. The Bertz CT molecular complexity index is 659. The molecule has 1 aromatic carbocycles. The van der Waals surface area contributed by atoms with Crippen molar-refractivity contribution < 1.29 is 14.3 Å². The van der Waals surface area contributed by atoms with Crippen LogP contribution in [0, 0.1) is 0 Å². The van der Waals surface area contributed by atoms with Gasteiger partial charge >= 0.3 is 0 Å². The summed E-state index contributed by atoms with van der Waals surface area (Å²) in [7, 11) is 0. The van der Waals surface area contributed by atoms with Crippen molar-refractivity contribution in [2.75, 3.05) is 19.8 Å². The monoisotopic (exact) mass is 411 g/mol. The van der Waals surface area contributed by atoms with Crippen LogP contribution in [0.3, 0.4) is 0 Å². The first-order valence-corrected chi connectivity index (χ1v) is 9.68. The molecule has 1 N–H and O–H groups in total. The number of carbonyl (C=O) groups excluding carboxylic acids is 1. The summed E-state index contributed by atoms with van der Waals surface area (Å²) in [5.74, 6) is 1.36. The van der Waals surface area contributed by atoms with E-state index in [9.17, 15) is 4.79 Å². The van der Waals surface area contributed by atoms with Crippen molar-refractivity contribution in [3.8, 4) is 11.5 Å². The minimum Gasteiger partial charge on any atom is -0.490 e. The van der Waals surface area contributed by atoms with Crippen LogP contribution in [0.4, 0.5) is 0 Å². The van der Waals surface area contributed by atoms with E-state index < -0.39 is 0 Å². The molecule has 0 fully saturated rings. The summed E-state index contributed by atoms with van der Waals surface area (Å²) >= 11 is 5.22. The van der Waals surface area contributed by atoms with Crippen LogP contribution in [0.25, 0.3) is 0 Å². The van der Waals surface area contributed by atoms with Crippen LogP contribution in [0.5, 0.6) is 11.5 Å². The lowest BCUT2D eigenvalue weighted by Gasteiger charge is -2.14. The molecule has 1 heterocycles. The van der Waals surface area contributed by atoms with Crippen molar-refractivity contribution in [3.63, 3.8) is 0 Å². The van der Waals surface area contributed by atoms with Gasteiger partial charge in [0.25, 0.3) is 0 Å². The molecule has 0 unspecified atom stereocenters. The normalized spacial score (nSPS) is 10.5. The van der Waals surface area contributed by atoms with Crippen LogP contribution in [0.1, 0.15) is 24.3 Å². The highest BCUT2D eigenvalue weighted by atomic mass is 79.9. The second kappa shape index (κ2) is 9.69. The van der Waals surface area contributed by atoms with Crippen molar-refractivity contribution in [1.82, 2.24) is 5.32 Å². The SMILES string of the molecule is CCOc1cc(Br)c(CC(=O)NCCc2cccs2)cc1OCC. The molecule has 0 aliphatic carbocycles. The number of benzene rings is 1. The van der Waals surface area contributed by atoms with Gasteiger partial charge in [-0.1, -0.05) is 22.0 Å². The molecule has 0 aliphatic heterocycles. The Morgan fingerprint density at radius 2 is 1.92 bits per heavy atom. The Labute approximate surface area is 155 Å². The average molecular weight is 412 g/mol. The number of ether oxygens (including phenoxy) is 2. The fraction of sp³-hybridized carbons (Fsp3) is 0.389. The zero-order chi connectivity index (χ0) is 17.4. The van der Waals surface area contributed by atoms with Crippen LogP contribution in [-0.4, -0.2) is 25.7 Å². The first-order valence-electron chi connectivity index (χ1n) is 8.01.